The maximum Gasteiger partial charge on any atom is 0.340 e. The van der Waals surface area contributed by atoms with Crippen LogP contribution in [-0.2, 0) is 19.6 Å². The van der Waals surface area contributed by atoms with Gasteiger partial charge in [0.2, 0.25) is 10.0 Å². The molecule has 2 aromatic carbocycles. The van der Waals surface area contributed by atoms with E-state index >= 15 is 0 Å². The van der Waals surface area contributed by atoms with E-state index in [2.05, 4.69) is 14.9 Å². The number of nitrogens with zero attached hydrogens (tertiary/aromatic N) is 1. The Morgan fingerprint density at radius 3 is 2.38 bits per heavy atom. The van der Waals surface area contributed by atoms with Gasteiger partial charge in [-0.3, -0.25) is 9.52 Å². The van der Waals surface area contributed by atoms with Gasteiger partial charge in [0.05, 0.1) is 17.5 Å². The lowest BCUT2D eigenvalue weighted by molar-refractivity contribution is -0.124. The summed E-state index contributed by atoms with van der Waals surface area (Å²) in [6, 6.07) is 15.9. The van der Waals surface area contributed by atoms with Crippen molar-refractivity contribution in [3.05, 3.63) is 60.2 Å². The lowest BCUT2D eigenvalue weighted by Crippen LogP contribution is -2.31. The number of anilines is 2. The number of hydrogen-bond donors (Lipinski definition) is 2. The summed E-state index contributed by atoms with van der Waals surface area (Å²) in [5.41, 5.74) is 1.23. The minimum atomic E-state index is -3.55. The topological polar surface area (TPSA) is 105 Å². The zero-order valence-corrected chi connectivity index (χ0v) is 17.2. The minimum absolute atomic E-state index is 0.0372. The van der Waals surface area contributed by atoms with E-state index in [1.165, 1.54) is 12.1 Å². The Balaban J connectivity index is 1.75. The van der Waals surface area contributed by atoms with E-state index in [4.69, 9.17) is 4.74 Å². The molecule has 29 heavy (non-hydrogen) atoms. The summed E-state index contributed by atoms with van der Waals surface area (Å²) in [5.74, 6) is -1.20. The van der Waals surface area contributed by atoms with E-state index in [0.29, 0.717) is 6.54 Å². The van der Waals surface area contributed by atoms with Gasteiger partial charge in [-0.15, -0.1) is 0 Å². The molecule has 0 fully saturated rings. The number of ether oxygens (including phenoxy) is 1. The molecular weight excluding hydrogens is 394 g/mol. The fourth-order valence-electron chi connectivity index (χ4n) is 2.57. The molecule has 8 nitrogen and oxygen atoms in total. The molecule has 156 valence electrons. The normalized spacial score (nSPS) is 10.8. The first-order valence-electron chi connectivity index (χ1n) is 9.03. The SMILES string of the molecule is CN(CCCNC(=O)COC(=O)c1ccccc1NS(C)(=O)=O)c1ccccc1. The van der Waals surface area contributed by atoms with Crippen LogP contribution in [0.15, 0.2) is 54.6 Å². The predicted octanol–water partition coefficient (Wildman–Crippen LogP) is 1.86. The van der Waals surface area contributed by atoms with E-state index in [1.807, 2.05) is 37.4 Å². The molecule has 2 N–H and O–H groups in total. The number of nitrogens with one attached hydrogen (secondary N) is 2. The van der Waals surface area contributed by atoms with E-state index < -0.39 is 28.5 Å². The molecule has 0 heterocycles. The Labute approximate surface area is 170 Å². The van der Waals surface area contributed by atoms with Crippen molar-refractivity contribution in [1.29, 1.82) is 0 Å². The average Bonchev–Trinajstić information content (AvgIpc) is 2.69. The van der Waals surface area contributed by atoms with Gasteiger partial charge in [0.15, 0.2) is 6.61 Å². The van der Waals surface area contributed by atoms with Crippen LogP contribution in [-0.4, -0.2) is 53.3 Å². The minimum Gasteiger partial charge on any atom is -0.452 e. The molecule has 0 aliphatic rings. The van der Waals surface area contributed by atoms with Crippen LogP contribution >= 0.6 is 0 Å². The summed E-state index contributed by atoms with van der Waals surface area (Å²) in [5, 5.41) is 2.69. The molecule has 0 aliphatic carbocycles. The lowest BCUT2D eigenvalue weighted by atomic mass is 10.2. The van der Waals surface area contributed by atoms with Gasteiger partial charge in [0, 0.05) is 25.8 Å². The van der Waals surface area contributed by atoms with Gasteiger partial charge in [0.1, 0.15) is 0 Å². The van der Waals surface area contributed by atoms with Crippen molar-refractivity contribution < 1.29 is 22.7 Å². The van der Waals surface area contributed by atoms with Crippen molar-refractivity contribution in [2.45, 2.75) is 6.42 Å². The Hall–Kier alpha value is -3.07. The maximum atomic E-state index is 12.2. The van der Waals surface area contributed by atoms with Crippen molar-refractivity contribution in [2.75, 3.05) is 42.6 Å². The average molecular weight is 420 g/mol. The maximum absolute atomic E-state index is 12.2. The highest BCUT2D eigenvalue weighted by Gasteiger charge is 2.16. The van der Waals surface area contributed by atoms with Gasteiger partial charge in [-0.05, 0) is 30.7 Å². The number of hydrogen-bond acceptors (Lipinski definition) is 6. The largest absolute Gasteiger partial charge is 0.452 e. The van der Waals surface area contributed by atoms with Gasteiger partial charge in [-0.1, -0.05) is 30.3 Å². The van der Waals surface area contributed by atoms with Gasteiger partial charge in [0.25, 0.3) is 5.91 Å². The Bertz CT molecular complexity index is 932. The number of carbonyl (C=O) groups excluding carboxylic acids is 2. The van der Waals surface area contributed by atoms with E-state index in [9.17, 15) is 18.0 Å². The first-order chi connectivity index (χ1) is 13.8. The Morgan fingerprint density at radius 2 is 1.69 bits per heavy atom. The zero-order chi connectivity index (χ0) is 21.3. The number of rotatable bonds is 10. The van der Waals surface area contributed by atoms with Crippen LogP contribution in [0.5, 0.6) is 0 Å². The number of para-hydroxylation sites is 2. The number of sulfonamides is 1. The van der Waals surface area contributed by atoms with Crippen molar-refractivity contribution in [3.8, 4) is 0 Å². The van der Waals surface area contributed by atoms with Gasteiger partial charge < -0.3 is 15.0 Å². The summed E-state index contributed by atoms with van der Waals surface area (Å²) in [6.07, 6.45) is 1.71. The molecular formula is C20H25N3O5S. The van der Waals surface area contributed by atoms with E-state index in [1.54, 1.807) is 12.1 Å². The zero-order valence-electron chi connectivity index (χ0n) is 16.4. The second-order valence-corrected chi connectivity index (χ2v) is 8.21. The monoisotopic (exact) mass is 419 g/mol. The molecule has 0 aromatic heterocycles. The molecule has 0 spiro atoms. The summed E-state index contributed by atoms with van der Waals surface area (Å²) in [7, 11) is -1.57. The van der Waals surface area contributed by atoms with Crippen molar-refractivity contribution >= 4 is 33.3 Å². The molecule has 0 saturated carbocycles. The number of carbonyl (C=O) groups is 2. The third-order valence-corrected chi connectivity index (χ3v) is 4.56. The first kappa shape index (κ1) is 22.2. The molecule has 9 heteroatoms. The van der Waals surface area contributed by atoms with Crippen LogP contribution in [0.2, 0.25) is 0 Å². The van der Waals surface area contributed by atoms with Crippen molar-refractivity contribution in [1.82, 2.24) is 5.32 Å². The molecule has 2 aromatic rings. The molecule has 0 unspecified atom stereocenters. The quantitative estimate of drug-likeness (QED) is 0.450. The molecule has 0 radical (unpaired) electrons. The van der Waals surface area contributed by atoms with Crippen LogP contribution in [0, 0.1) is 0 Å². The van der Waals surface area contributed by atoms with Crippen LogP contribution < -0.4 is 14.9 Å². The molecule has 0 saturated heterocycles. The Morgan fingerprint density at radius 1 is 1.03 bits per heavy atom. The second kappa shape index (κ2) is 10.5. The van der Waals surface area contributed by atoms with Gasteiger partial charge >= 0.3 is 5.97 Å². The van der Waals surface area contributed by atoms with Crippen LogP contribution in [0.4, 0.5) is 11.4 Å². The lowest BCUT2D eigenvalue weighted by Gasteiger charge is -2.19. The van der Waals surface area contributed by atoms with Crippen molar-refractivity contribution in [2.24, 2.45) is 0 Å². The molecule has 0 aliphatic heterocycles. The Kier molecular flexibility index (Phi) is 8.02. The second-order valence-electron chi connectivity index (χ2n) is 6.46. The summed E-state index contributed by atoms with van der Waals surface area (Å²) < 4.78 is 30.0. The smallest absolute Gasteiger partial charge is 0.340 e. The molecule has 0 atom stereocenters. The summed E-state index contributed by atoms with van der Waals surface area (Å²) in [4.78, 5) is 26.2. The predicted molar refractivity (Wildman–Crippen MR) is 113 cm³/mol. The third-order valence-electron chi connectivity index (χ3n) is 3.97. The summed E-state index contributed by atoms with van der Waals surface area (Å²) in [6.45, 7) is 0.759. The van der Waals surface area contributed by atoms with Crippen LogP contribution in [0.25, 0.3) is 0 Å². The fraction of sp³-hybridized carbons (Fsp3) is 0.300. The van der Waals surface area contributed by atoms with Gasteiger partial charge in [-0.2, -0.15) is 0 Å². The first-order valence-corrected chi connectivity index (χ1v) is 10.9. The molecule has 2 rings (SSSR count). The van der Waals surface area contributed by atoms with Crippen molar-refractivity contribution in [3.63, 3.8) is 0 Å². The van der Waals surface area contributed by atoms with E-state index in [0.717, 1.165) is 24.9 Å². The highest BCUT2D eigenvalue weighted by atomic mass is 32.2. The van der Waals surface area contributed by atoms with Crippen LogP contribution in [0.3, 0.4) is 0 Å². The van der Waals surface area contributed by atoms with E-state index in [-0.39, 0.29) is 11.3 Å². The number of benzene rings is 2. The number of amides is 1. The van der Waals surface area contributed by atoms with Gasteiger partial charge in [-0.25, -0.2) is 13.2 Å². The molecule has 1 amide bonds. The summed E-state index contributed by atoms with van der Waals surface area (Å²) >= 11 is 0. The fourth-order valence-corrected chi connectivity index (χ4v) is 3.14. The molecule has 0 bridgehead atoms. The highest BCUT2D eigenvalue weighted by molar-refractivity contribution is 7.92. The highest BCUT2D eigenvalue weighted by Crippen LogP contribution is 2.17. The van der Waals surface area contributed by atoms with Crippen LogP contribution in [0.1, 0.15) is 16.8 Å². The standard InChI is InChI=1S/C20H25N3O5S/c1-23(16-9-4-3-5-10-16)14-8-13-21-19(24)15-28-20(25)17-11-6-7-12-18(17)22-29(2,26)27/h3-7,9-12,22H,8,13-15H2,1-2H3,(H,21,24). The number of esters is 1. The third kappa shape index (κ3) is 7.82.